The van der Waals surface area contributed by atoms with Crippen LogP contribution in [-0.2, 0) is 14.3 Å². The van der Waals surface area contributed by atoms with Crippen LogP contribution in [-0.4, -0.2) is 80.8 Å². The van der Waals surface area contributed by atoms with Crippen molar-refractivity contribution in [3.05, 3.63) is 84.3 Å². The predicted molar refractivity (Wildman–Crippen MR) is 167 cm³/mol. The molecule has 238 valence electrons. The molecule has 3 aromatic heterocycles. The van der Waals surface area contributed by atoms with Crippen LogP contribution in [0.5, 0.6) is 0 Å². The highest BCUT2D eigenvalue weighted by molar-refractivity contribution is 5.85. The Morgan fingerprint density at radius 2 is 1.65 bits per heavy atom. The number of rotatable bonds is 8. The number of fused-ring (bicyclic) bond motifs is 2. The third-order valence-electron chi connectivity index (χ3n) is 6.98. The Balaban J connectivity index is 0.000000537. The molecule has 14 heteroatoms. The Bertz CT molecular complexity index is 1870. The fourth-order valence-electron chi connectivity index (χ4n) is 4.79. The van der Waals surface area contributed by atoms with Gasteiger partial charge in [-0.3, -0.25) is 4.79 Å². The minimum Gasteiger partial charge on any atom is -0.481 e. The second-order valence-electron chi connectivity index (χ2n) is 10.1. The van der Waals surface area contributed by atoms with E-state index in [0.29, 0.717) is 19.8 Å². The number of nitrogens with one attached hydrogen (secondary N) is 1. The predicted octanol–water partition coefficient (Wildman–Crippen LogP) is 5.47. The number of benzene rings is 2. The van der Waals surface area contributed by atoms with Crippen molar-refractivity contribution in [2.24, 2.45) is 0 Å². The SMILES string of the molecule is O=C(O)C(F)(F)F.O=C(O)CCNc1ccc(-c2c(/C=C/c3ccc4ccccc4n3)nc3c(N4CCOCC4)ccnn23)cc1. The van der Waals surface area contributed by atoms with Crippen LogP contribution in [0.25, 0.3) is 40.0 Å². The zero-order chi connectivity index (χ0) is 32.7. The van der Waals surface area contributed by atoms with Gasteiger partial charge < -0.3 is 25.2 Å². The van der Waals surface area contributed by atoms with E-state index in [1.165, 1.54) is 0 Å². The van der Waals surface area contributed by atoms with Crippen LogP contribution < -0.4 is 10.2 Å². The molecule has 0 saturated carbocycles. The molecule has 0 radical (unpaired) electrons. The minimum absolute atomic E-state index is 0.0565. The molecule has 5 aromatic rings. The number of ether oxygens (including phenoxy) is 1. The lowest BCUT2D eigenvalue weighted by Gasteiger charge is -2.28. The highest BCUT2D eigenvalue weighted by atomic mass is 19.4. The molecule has 4 heterocycles. The van der Waals surface area contributed by atoms with Gasteiger partial charge in [0.15, 0.2) is 5.65 Å². The Morgan fingerprint density at radius 3 is 2.35 bits per heavy atom. The fraction of sp³-hybridized carbons (Fsp3) is 0.219. The van der Waals surface area contributed by atoms with Crippen LogP contribution in [0, 0.1) is 0 Å². The second kappa shape index (κ2) is 14.1. The highest BCUT2D eigenvalue weighted by Gasteiger charge is 2.38. The normalized spacial score (nSPS) is 13.5. The summed E-state index contributed by atoms with van der Waals surface area (Å²) in [5.41, 5.74) is 7.04. The van der Waals surface area contributed by atoms with E-state index >= 15 is 0 Å². The summed E-state index contributed by atoms with van der Waals surface area (Å²) in [6.45, 7) is 3.31. The summed E-state index contributed by atoms with van der Waals surface area (Å²) in [4.78, 5) is 31.9. The first-order chi connectivity index (χ1) is 22.1. The molecule has 1 aliphatic heterocycles. The zero-order valence-electron chi connectivity index (χ0n) is 24.3. The van der Waals surface area contributed by atoms with Crippen molar-refractivity contribution < 1.29 is 37.7 Å². The molecule has 6 rings (SSSR count). The average molecular weight is 635 g/mol. The van der Waals surface area contributed by atoms with Gasteiger partial charge in [-0.2, -0.15) is 18.3 Å². The van der Waals surface area contributed by atoms with E-state index < -0.39 is 18.1 Å². The lowest BCUT2D eigenvalue weighted by atomic mass is 10.1. The van der Waals surface area contributed by atoms with E-state index in [0.717, 1.165) is 63.7 Å². The number of morpholine rings is 1. The Labute approximate surface area is 260 Å². The summed E-state index contributed by atoms with van der Waals surface area (Å²) in [5.74, 6) is -3.59. The van der Waals surface area contributed by atoms with Crippen LogP contribution in [0.3, 0.4) is 0 Å². The monoisotopic (exact) mass is 634 g/mol. The van der Waals surface area contributed by atoms with Crippen molar-refractivity contribution in [3.8, 4) is 11.3 Å². The molecular weight excluding hydrogens is 605 g/mol. The van der Waals surface area contributed by atoms with Gasteiger partial charge in [0.1, 0.15) is 5.69 Å². The number of halogens is 3. The summed E-state index contributed by atoms with van der Waals surface area (Å²) in [6, 6.07) is 22.0. The number of imidazole rings is 1. The largest absolute Gasteiger partial charge is 0.490 e. The molecule has 0 atom stereocenters. The standard InChI is InChI=1S/C30H28N6O3.C2HF3O2/c37-28(38)14-15-31-23-8-6-22(7-9-23)29-26(12-11-24-10-5-21-3-1-2-4-25(21)33-24)34-30-27(13-16-32-36(29)30)35-17-19-39-20-18-35;3-2(4,5)1(6)7/h1-13,16,31H,14-15,17-20H2,(H,37,38);(H,6,7)/b12-11+;. The van der Waals surface area contributed by atoms with E-state index in [1.807, 2.05) is 77.5 Å². The van der Waals surface area contributed by atoms with Crippen LogP contribution in [0.4, 0.5) is 24.5 Å². The summed E-state index contributed by atoms with van der Waals surface area (Å²) >= 11 is 0. The molecule has 1 aliphatic rings. The number of aliphatic carboxylic acids is 2. The van der Waals surface area contributed by atoms with Crippen LogP contribution in [0.15, 0.2) is 72.9 Å². The quantitative estimate of drug-likeness (QED) is 0.201. The Kier molecular flexibility index (Phi) is 9.76. The van der Waals surface area contributed by atoms with Gasteiger partial charge >= 0.3 is 18.1 Å². The van der Waals surface area contributed by atoms with Crippen molar-refractivity contribution in [2.75, 3.05) is 43.1 Å². The fourth-order valence-corrected chi connectivity index (χ4v) is 4.79. The summed E-state index contributed by atoms with van der Waals surface area (Å²) < 4.78 is 39.2. The number of alkyl halides is 3. The van der Waals surface area contributed by atoms with Crippen molar-refractivity contribution >= 4 is 52.0 Å². The van der Waals surface area contributed by atoms with E-state index in [-0.39, 0.29) is 6.42 Å². The molecule has 0 amide bonds. The Hall–Kier alpha value is -5.50. The first kappa shape index (κ1) is 31.9. The first-order valence-electron chi connectivity index (χ1n) is 14.2. The van der Waals surface area contributed by atoms with Crippen molar-refractivity contribution in [1.82, 2.24) is 19.6 Å². The number of hydrogen-bond donors (Lipinski definition) is 3. The maximum Gasteiger partial charge on any atom is 0.490 e. The van der Waals surface area contributed by atoms with Gasteiger partial charge in [0.25, 0.3) is 0 Å². The average Bonchev–Trinajstić information content (AvgIpc) is 3.43. The number of carboxylic acids is 2. The molecule has 0 unspecified atom stereocenters. The number of carboxylic acid groups (broad SMARTS) is 2. The molecule has 3 N–H and O–H groups in total. The number of aromatic nitrogens is 4. The number of para-hydroxylation sites is 1. The van der Waals surface area contributed by atoms with Gasteiger partial charge in [0, 0.05) is 36.3 Å². The highest BCUT2D eigenvalue weighted by Crippen LogP contribution is 2.31. The summed E-state index contributed by atoms with van der Waals surface area (Å²) in [6.07, 6.45) is 0.751. The first-order valence-corrected chi connectivity index (χ1v) is 14.2. The Morgan fingerprint density at radius 1 is 0.935 bits per heavy atom. The summed E-state index contributed by atoms with van der Waals surface area (Å²) in [5, 5.41) is 25.0. The number of anilines is 2. The van der Waals surface area contributed by atoms with Crippen LogP contribution in [0.1, 0.15) is 17.8 Å². The van der Waals surface area contributed by atoms with Crippen LogP contribution in [0.2, 0.25) is 0 Å². The molecule has 0 bridgehead atoms. The number of hydrogen-bond acceptors (Lipinski definition) is 8. The van der Waals surface area contributed by atoms with Crippen LogP contribution >= 0.6 is 0 Å². The van der Waals surface area contributed by atoms with Crippen molar-refractivity contribution in [2.45, 2.75) is 12.6 Å². The van der Waals surface area contributed by atoms with E-state index in [9.17, 15) is 18.0 Å². The smallest absolute Gasteiger partial charge is 0.481 e. The third-order valence-corrected chi connectivity index (χ3v) is 6.98. The van der Waals surface area contributed by atoms with E-state index in [2.05, 4.69) is 27.4 Å². The van der Waals surface area contributed by atoms with Gasteiger partial charge in [-0.05, 0) is 42.5 Å². The molecule has 46 heavy (non-hydrogen) atoms. The number of pyridine rings is 1. The molecule has 2 aromatic carbocycles. The molecule has 11 nitrogen and oxygen atoms in total. The third kappa shape index (κ3) is 7.77. The maximum atomic E-state index is 10.9. The second-order valence-corrected chi connectivity index (χ2v) is 10.1. The van der Waals surface area contributed by atoms with Crippen molar-refractivity contribution in [3.63, 3.8) is 0 Å². The molecule has 0 aliphatic carbocycles. The van der Waals surface area contributed by atoms with Gasteiger partial charge in [-0.1, -0.05) is 36.4 Å². The number of carbonyl (C=O) groups is 2. The van der Waals surface area contributed by atoms with Gasteiger partial charge in [-0.25, -0.2) is 19.3 Å². The molecular formula is C32H29F3N6O5. The lowest BCUT2D eigenvalue weighted by molar-refractivity contribution is -0.192. The van der Waals surface area contributed by atoms with Gasteiger partial charge in [0.05, 0.1) is 48.4 Å². The lowest BCUT2D eigenvalue weighted by Crippen LogP contribution is -2.36. The van der Waals surface area contributed by atoms with Crippen molar-refractivity contribution in [1.29, 1.82) is 0 Å². The number of nitrogens with zero attached hydrogens (tertiary/aromatic N) is 5. The van der Waals surface area contributed by atoms with E-state index in [4.69, 9.17) is 29.7 Å². The minimum atomic E-state index is -5.08. The van der Waals surface area contributed by atoms with Gasteiger partial charge in [0.2, 0.25) is 0 Å². The molecule has 0 spiro atoms. The topological polar surface area (TPSA) is 142 Å². The molecule has 1 saturated heterocycles. The summed E-state index contributed by atoms with van der Waals surface area (Å²) in [7, 11) is 0. The zero-order valence-corrected chi connectivity index (χ0v) is 24.3. The van der Waals surface area contributed by atoms with Gasteiger partial charge in [-0.15, -0.1) is 0 Å². The molecule has 1 fully saturated rings. The maximum absolute atomic E-state index is 10.9. The van der Waals surface area contributed by atoms with E-state index in [1.54, 1.807) is 0 Å².